The van der Waals surface area contributed by atoms with E-state index in [1.807, 2.05) is 25.1 Å². The molecule has 0 radical (unpaired) electrons. The van der Waals surface area contributed by atoms with Crippen LogP contribution in [0.1, 0.15) is 41.7 Å². The summed E-state index contributed by atoms with van der Waals surface area (Å²) < 4.78 is 47.1. The molecular formula is C26H24ClF3N2O3. The molecule has 0 bridgehead atoms. The number of benzene rings is 3. The zero-order valence-electron chi connectivity index (χ0n) is 19.6. The molecule has 0 unspecified atom stereocenters. The van der Waals surface area contributed by atoms with E-state index in [2.05, 4.69) is 10.3 Å². The summed E-state index contributed by atoms with van der Waals surface area (Å²) in [4.78, 5) is 10.3. The third-order valence-electron chi connectivity index (χ3n) is 5.17. The van der Waals surface area contributed by atoms with Crippen LogP contribution in [-0.2, 0) is 22.5 Å². The SMILES string of the molecule is CO/N=C(/C)c1cccc(C)c1CO/N=C(\C)c1ccc(Oc2ccc(Cl)cc2)cc1C(F)(F)F. The lowest BCUT2D eigenvalue weighted by molar-refractivity contribution is -0.137. The summed E-state index contributed by atoms with van der Waals surface area (Å²) in [7, 11) is 1.45. The number of oxime groups is 2. The van der Waals surface area contributed by atoms with Crippen LogP contribution in [0.3, 0.4) is 0 Å². The minimum Gasteiger partial charge on any atom is -0.457 e. The highest BCUT2D eigenvalue weighted by Crippen LogP contribution is 2.36. The van der Waals surface area contributed by atoms with Crippen LogP contribution in [0.25, 0.3) is 0 Å². The normalized spacial score (nSPS) is 12.5. The highest BCUT2D eigenvalue weighted by Gasteiger charge is 2.34. The fourth-order valence-corrected chi connectivity index (χ4v) is 3.56. The van der Waals surface area contributed by atoms with Gasteiger partial charge in [0.15, 0.2) is 0 Å². The number of rotatable bonds is 8. The number of halogens is 4. The lowest BCUT2D eigenvalue weighted by Gasteiger charge is -2.15. The first-order valence-corrected chi connectivity index (χ1v) is 11.0. The van der Waals surface area contributed by atoms with Crippen molar-refractivity contribution in [2.24, 2.45) is 10.3 Å². The number of aryl methyl sites for hydroxylation is 1. The third-order valence-corrected chi connectivity index (χ3v) is 5.43. The minimum atomic E-state index is -4.62. The summed E-state index contributed by atoms with van der Waals surface area (Å²) in [5.41, 5.74) is 2.28. The van der Waals surface area contributed by atoms with Gasteiger partial charge >= 0.3 is 6.18 Å². The molecule has 3 rings (SSSR count). The molecule has 9 heteroatoms. The van der Waals surface area contributed by atoms with E-state index in [0.29, 0.717) is 16.5 Å². The van der Waals surface area contributed by atoms with Gasteiger partial charge in [0.25, 0.3) is 0 Å². The fourth-order valence-electron chi connectivity index (χ4n) is 3.44. The van der Waals surface area contributed by atoms with Crippen molar-refractivity contribution in [3.05, 3.63) is 93.5 Å². The number of hydrogen-bond acceptors (Lipinski definition) is 5. The third kappa shape index (κ3) is 6.76. The first-order valence-electron chi connectivity index (χ1n) is 10.6. The average molecular weight is 505 g/mol. The van der Waals surface area contributed by atoms with Crippen LogP contribution in [0.4, 0.5) is 13.2 Å². The van der Waals surface area contributed by atoms with Crippen LogP contribution in [0.2, 0.25) is 5.02 Å². The summed E-state index contributed by atoms with van der Waals surface area (Å²) in [6, 6.07) is 15.7. The first-order chi connectivity index (χ1) is 16.6. The minimum absolute atomic E-state index is 0.0366. The van der Waals surface area contributed by atoms with Gasteiger partial charge in [0.1, 0.15) is 25.2 Å². The maximum atomic E-state index is 13.8. The van der Waals surface area contributed by atoms with E-state index in [0.717, 1.165) is 22.8 Å². The molecule has 184 valence electrons. The Bertz CT molecular complexity index is 1240. The quantitative estimate of drug-likeness (QED) is 0.232. The molecular weight excluding hydrogens is 481 g/mol. The Labute approximate surface area is 206 Å². The molecule has 3 aromatic carbocycles. The van der Waals surface area contributed by atoms with Crippen molar-refractivity contribution in [1.82, 2.24) is 0 Å². The fraction of sp³-hybridized carbons (Fsp3) is 0.231. The van der Waals surface area contributed by atoms with Gasteiger partial charge < -0.3 is 14.4 Å². The van der Waals surface area contributed by atoms with Gasteiger partial charge in [-0.25, -0.2) is 0 Å². The van der Waals surface area contributed by atoms with Crippen molar-refractivity contribution in [2.45, 2.75) is 33.6 Å². The Morgan fingerprint density at radius 2 is 1.54 bits per heavy atom. The standard InChI is InChI=1S/C26H24ClF3N2O3/c1-16-6-5-7-22(17(2)31-33-4)24(16)15-34-32-18(3)23-13-12-21(14-25(23)26(28,29)30)35-20-10-8-19(27)9-11-20/h5-14H,15H2,1-4H3/b31-17-,32-18+. The van der Waals surface area contributed by atoms with Crippen molar-refractivity contribution in [3.63, 3.8) is 0 Å². The van der Waals surface area contributed by atoms with Crippen LogP contribution in [-0.4, -0.2) is 18.5 Å². The van der Waals surface area contributed by atoms with Gasteiger partial charge in [0.05, 0.1) is 17.0 Å². The second-order valence-electron chi connectivity index (χ2n) is 7.67. The van der Waals surface area contributed by atoms with Crippen molar-refractivity contribution >= 4 is 23.0 Å². The molecule has 0 fully saturated rings. The smallest absolute Gasteiger partial charge is 0.417 e. The van der Waals surface area contributed by atoms with E-state index in [9.17, 15) is 13.2 Å². The number of hydrogen-bond donors (Lipinski definition) is 0. The molecule has 0 aliphatic carbocycles. The van der Waals surface area contributed by atoms with Crippen molar-refractivity contribution in [2.75, 3.05) is 7.11 Å². The van der Waals surface area contributed by atoms with Crippen molar-refractivity contribution < 1.29 is 27.6 Å². The van der Waals surface area contributed by atoms with Crippen LogP contribution in [0.15, 0.2) is 71.0 Å². The zero-order chi connectivity index (χ0) is 25.6. The summed E-state index contributed by atoms with van der Waals surface area (Å²) in [6.45, 7) is 5.20. The van der Waals surface area contributed by atoms with Crippen LogP contribution >= 0.6 is 11.6 Å². The Balaban J connectivity index is 1.85. The van der Waals surface area contributed by atoms with Gasteiger partial charge in [-0.2, -0.15) is 13.2 Å². The second-order valence-corrected chi connectivity index (χ2v) is 8.11. The number of alkyl halides is 3. The number of nitrogens with zero attached hydrogens (tertiary/aromatic N) is 2. The van der Waals surface area contributed by atoms with E-state index in [1.165, 1.54) is 26.2 Å². The van der Waals surface area contributed by atoms with Gasteiger partial charge in [-0.15, -0.1) is 0 Å². The van der Waals surface area contributed by atoms with Crippen molar-refractivity contribution in [3.8, 4) is 11.5 Å². The molecule has 0 N–H and O–H groups in total. The van der Waals surface area contributed by atoms with E-state index in [1.54, 1.807) is 31.2 Å². The second kappa shape index (κ2) is 11.3. The summed E-state index contributed by atoms with van der Waals surface area (Å²) in [5.74, 6) is 0.403. The Morgan fingerprint density at radius 1 is 0.886 bits per heavy atom. The molecule has 3 aromatic rings. The van der Waals surface area contributed by atoms with Crippen LogP contribution in [0.5, 0.6) is 11.5 Å². The van der Waals surface area contributed by atoms with Crippen LogP contribution < -0.4 is 4.74 Å². The van der Waals surface area contributed by atoms with Gasteiger partial charge in [0, 0.05) is 21.7 Å². The molecule has 0 spiro atoms. The molecule has 5 nitrogen and oxygen atoms in total. The van der Waals surface area contributed by atoms with E-state index in [-0.39, 0.29) is 23.6 Å². The molecule has 0 heterocycles. The Hall–Kier alpha value is -3.52. The summed E-state index contributed by atoms with van der Waals surface area (Å²) in [5, 5.41) is 8.41. The van der Waals surface area contributed by atoms with Gasteiger partial charge in [-0.05, 0) is 68.8 Å². The van der Waals surface area contributed by atoms with E-state index < -0.39 is 11.7 Å². The topological polar surface area (TPSA) is 52.4 Å². The largest absolute Gasteiger partial charge is 0.457 e. The predicted molar refractivity (Wildman–Crippen MR) is 130 cm³/mol. The van der Waals surface area contributed by atoms with E-state index >= 15 is 0 Å². The van der Waals surface area contributed by atoms with Crippen LogP contribution in [0, 0.1) is 6.92 Å². The Kier molecular flexibility index (Phi) is 8.40. The molecule has 35 heavy (non-hydrogen) atoms. The highest BCUT2D eigenvalue weighted by atomic mass is 35.5. The molecule has 0 aliphatic rings. The lowest BCUT2D eigenvalue weighted by Crippen LogP contribution is -2.13. The zero-order valence-corrected chi connectivity index (χ0v) is 20.4. The predicted octanol–water partition coefficient (Wildman–Crippen LogP) is 7.77. The maximum absolute atomic E-state index is 13.8. The molecule has 0 aliphatic heterocycles. The average Bonchev–Trinajstić information content (AvgIpc) is 2.81. The van der Waals surface area contributed by atoms with Crippen molar-refractivity contribution in [1.29, 1.82) is 0 Å². The van der Waals surface area contributed by atoms with Gasteiger partial charge in [-0.3, -0.25) is 0 Å². The molecule has 0 saturated carbocycles. The first kappa shape index (κ1) is 26.1. The molecule has 0 amide bonds. The number of ether oxygens (including phenoxy) is 1. The van der Waals surface area contributed by atoms with Gasteiger partial charge in [-0.1, -0.05) is 40.1 Å². The lowest BCUT2D eigenvalue weighted by atomic mass is 10.00. The molecule has 0 aromatic heterocycles. The van der Waals surface area contributed by atoms with Gasteiger partial charge in [0.2, 0.25) is 0 Å². The highest BCUT2D eigenvalue weighted by molar-refractivity contribution is 6.30. The van der Waals surface area contributed by atoms with E-state index in [4.69, 9.17) is 26.0 Å². The monoisotopic (exact) mass is 504 g/mol. The maximum Gasteiger partial charge on any atom is 0.417 e. The summed E-state index contributed by atoms with van der Waals surface area (Å²) in [6.07, 6.45) is -4.62. The molecule has 0 atom stereocenters. The Morgan fingerprint density at radius 3 is 2.20 bits per heavy atom. The summed E-state index contributed by atoms with van der Waals surface area (Å²) >= 11 is 5.84. The molecule has 0 saturated heterocycles.